The molecule has 10 nitrogen and oxygen atoms in total. The van der Waals surface area contributed by atoms with Crippen molar-refractivity contribution in [2.24, 2.45) is 0 Å². The first-order chi connectivity index (χ1) is 18.5. The van der Waals surface area contributed by atoms with Gasteiger partial charge in [0.1, 0.15) is 11.8 Å². The largest absolute Gasteiger partial charge is 0.350 e. The van der Waals surface area contributed by atoms with Gasteiger partial charge in [-0.05, 0) is 68.5 Å². The van der Waals surface area contributed by atoms with Crippen LogP contribution in [-0.2, 0) is 16.4 Å². The van der Waals surface area contributed by atoms with Gasteiger partial charge >= 0.3 is 0 Å². The molecule has 38 heavy (non-hydrogen) atoms. The van der Waals surface area contributed by atoms with E-state index in [1.807, 2.05) is 18.3 Å². The average Bonchev–Trinajstić information content (AvgIpc) is 3.39. The maximum atomic E-state index is 13.1. The van der Waals surface area contributed by atoms with Gasteiger partial charge in [-0.25, -0.2) is 27.9 Å². The summed E-state index contributed by atoms with van der Waals surface area (Å²) in [7, 11) is -3.52. The molecule has 2 aliphatic rings. The SMILES string of the molecule is CCc1cc(-c2ccc3c(NS(=O)(=O)C4CCCCC4)ncnn23)cc2cnc(NC3CCCNC3)nc12. The highest BCUT2D eigenvalue weighted by molar-refractivity contribution is 7.93. The summed E-state index contributed by atoms with van der Waals surface area (Å²) in [5, 5.41) is 11.9. The quantitative estimate of drug-likeness (QED) is 0.323. The second kappa shape index (κ2) is 10.5. The number of sulfonamides is 1. The van der Waals surface area contributed by atoms with Crippen LogP contribution in [0.25, 0.3) is 27.7 Å². The van der Waals surface area contributed by atoms with Gasteiger partial charge in [0.25, 0.3) is 0 Å². The van der Waals surface area contributed by atoms with Crippen LogP contribution in [0.4, 0.5) is 11.8 Å². The molecule has 0 bridgehead atoms. The number of aryl methyl sites for hydroxylation is 1. The van der Waals surface area contributed by atoms with Crippen molar-refractivity contribution in [2.75, 3.05) is 23.1 Å². The molecule has 4 heterocycles. The van der Waals surface area contributed by atoms with E-state index in [1.54, 1.807) is 4.52 Å². The second-order valence-electron chi connectivity index (χ2n) is 10.3. The molecule has 0 spiro atoms. The van der Waals surface area contributed by atoms with Gasteiger partial charge in [0.2, 0.25) is 16.0 Å². The normalized spacial score (nSPS) is 19.1. The number of benzene rings is 1. The highest BCUT2D eigenvalue weighted by Gasteiger charge is 2.28. The van der Waals surface area contributed by atoms with Gasteiger partial charge in [-0.15, -0.1) is 0 Å². The minimum Gasteiger partial charge on any atom is -0.350 e. The molecule has 3 aromatic heterocycles. The molecular formula is C27H34N8O2S. The molecule has 0 radical (unpaired) electrons. The van der Waals surface area contributed by atoms with Crippen LogP contribution in [0.3, 0.4) is 0 Å². The van der Waals surface area contributed by atoms with Crippen molar-refractivity contribution >= 4 is 38.2 Å². The van der Waals surface area contributed by atoms with Gasteiger partial charge in [0, 0.05) is 29.7 Å². The van der Waals surface area contributed by atoms with Crippen LogP contribution in [0.15, 0.2) is 36.8 Å². The standard InChI is InChI=1S/C27H34N8O2S/c1-2-18-13-19(14-20-15-29-27(33-25(18)20)32-21-7-6-12-28-16-21)23-10-11-24-26(30-17-31-35(23)24)34-38(36,37)22-8-4-3-5-9-22/h10-11,13-15,17,21-22,28H,2-9,12,16H2,1H3,(H,29,32,33)(H,30,31,34). The Kier molecular flexibility index (Phi) is 6.87. The van der Waals surface area contributed by atoms with Crippen LogP contribution in [0, 0.1) is 0 Å². The molecule has 3 N–H and O–H groups in total. The maximum absolute atomic E-state index is 13.1. The van der Waals surface area contributed by atoms with Gasteiger partial charge in [0.15, 0.2) is 5.82 Å². The van der Waals surface area contributed by atoms with Crippen LogP contribution in [-0.4, -0.2) is 57.4 Å². The molecule has 1 saturated carbocycles. The predicted molar refractivity (Wildman–Crippen MR) is 150 cm³/mol. The fraction of sp³-hybridized carbons (Fsp3) is 0.481. The summed E-state index contributed by atoms with van der Waals surface area (Å²) in [5.41, 5.74) is 4.50. The minimum atomic E-state index is -3.52. The zero-order valence-electron chi connectivity index (χ0n) is 21.7. The fourth-order valence-corrected chi connectivity index (χ4v) is 7.24. The highest BCUT2D eigenvalue weighted by Crippen LogP contribution is 2.31. The van der Waals surface area contributed by atoms with Crippen molar-refractivity contribution < 1.29 is 8.42 Å². The Bertz CT molecular complexity index is 1560. The van der Waals surface area contributed by atoms with Crippen molar-refractivity contribution in [3.05, 3.63) is 42.4 Å². The first-order valence-corrected chi connectivity index (χ1v) is 15.2. The van der Waals surface area contributed by atoms with E-state index in [9.17, 15) is 8.42 Å². The van der Waals surface area contributed by atoms with Crippen molar-refractivity contribution in [1.29, 1.82) is 0 Å². The lowest BCUT2D eigenvalue weighted by molar-refractivity contribution is 0.478. The van der Waals surface area contributed by atoms with Crippen LogP contribution in [0.1, 0.15) is 57.4 Å². The van der Waals surface area contributed by atoms with E-state index in [-0.39, 0.29) is 5.25 Å². The first-order valence-electron chi connectivity index (χ1n) is 13.6. The van der Waals surface area contributed by atoms with Gasteiger partial charge in [-0.3, -0.25) is 4.72 Å². The summed E-state index contributed by atoms with van der Waals surface area (Å²) in [6, 6.07) is 8.36. The third-order valence-corrected chi connectivity index (χ3v) is 9.58. The molecule has 2 fully saturated rings. The van der Waals surface area contributed by atoms with E-state index < -0.39 is 10.0 Å². The number of piperidine rings is 1. The first kappa shape index (κ1) is 25.0. The van der Waals surface area contributed by atoms with Crippen molar-refractivity contribution in [2.45, 2.75) is 69.6 Å². The van der Waals surface area contributed by atoms with E-state index in [1.165, 1.54) is 6.33 Å². The topological polar surface area (TPSA) is 126 Å². The van der Waals surface area contributed by atoms with Crippen LogP contribution >= 0.6 is 0 Å². The summed E-state index contributed by atoms with van der Waals surface area (Å²) >= 11 is 0. The Labute approximate surface area is 222 Å². The Hall–Kier alpha value is -3.31. The van der Waals surface area contributed by atoms with E-state index in [4.69, 9.17) is 4.98 Å². The molecule has 6 rings (SSSR count). The number of hydrogen-bond acceptors (Lipinski definition) is 8. The fourth-order valence-electron chi connectivity index (χ4n) is 5.69. The molecule has 1 unspecified atom stereocenters. The van der Waals surface area contributed by atoms with E-state index in [0.717, 1.165) is 79.3 Å². The Morgan fingerprint density at radius 2 is 1.95 bits per heavy atom. The summed E-state index contributed by atoms with van der Waals surface area (Å²) < 4.78 is 30.6. The zero-order chi connectivity index (χ0) is 26.1. The molecule has 0 amide bonds. The van der Waals surface area contributed by atoms with E-state index >= 15 is 0 Å². The number of anilines is 2. The van der Waals surface area contributed by atoms with Crippen LogP contribution in [0.5, 0.6) is 0 Å². The molecular weight excluding hydrogens is 500 g/mol. The molecule has 1 atom stereocenters. The van der Waals surface area contributed by atoms with Gasteiger partial charge in [-0.2, -0.15) is 5.10 Å². The summed E-state index contributed by atoms with van der Waals surface area (Å²) in [6.07, 6.45) is 10.7. The lowest BCUT2D eigenvalue weighted by Crippen LogP contribution is -2.38. The van der Waals surface area contributed by atoms with E-state index in [0.29, 0.717) is 36.2 Å². The highest BCUT2D eigenvalue weighted by atomic mass is 32.2. The smallest absolute Gasteiger partial charge is 0.236 e. The average molecular weight is 535 g/mol. The van der Waals surface area contributed by atoms with Crippen LogP contribution in [0.2, 0.25) is 0 Å². The second-order valence-corrected chi connectivity index (χ2v) is 12.3. The summed E-state index contributed by atoms with van der Waals surface area (Å²) in [6.45, 7) is 4.10. The Morgan fingerprint density at radius 3 is 2.74 bits per heavy atom. The molecule has 11 heteroatoms. The lowest BCUT2D eigenvalue weighted by Gasteiger charge is -2.23. The number of nitrogens with zero attached hydrogens (tertiary/aromatic N) is 5. The van der Waals surface area contributed by atoms with Crippen molar-refractivity contribution in [3.8, 4) is 11.3 Å². The zero-order valence-corrected chi connectivity index (χ0v) is 22.5. The monoisotopic (exact) mass is 534 g/mol. The molecule has 1 aliphatic carbocycles. The minimum absolute atomic E-state index is 0.310. The molecule has 200 valence electrons. The number of rotatable bonds is 7. The number of fused-ring (bicyclic) bond motifs is 2. The van der Waals surface area contributed by atoms with Crippen molar-refractivity contribution in [3.63, 3.8) is 0 Å². The van der Waals surface area contributed by atoms with Crippen molar-refractivity contribution in [1.82, 2.24) is 29.9 Å². The number of nitrogens with one attached hydrogen (secondary N) is 3. The Morgan fingerprint density at radius 1 is 1.08 bits per heavy atom. The number of aromatic nitrogens is 5. The Balaban J connectivity index is 1.33. The summed E-state index contributed by atoms with van der Waals surface area (Å²) in [5.74, 6) is 0.967. The van der Waals surface area contributed by atoms with Gasteiger partial charge in [0.05, 0.1) is 16.5 Å². The van der Waals surface area contributed by atoms with E-state index in [2.05, 4.69) is 49.5 Å². The lowest BCUT2D eigenvalue weighted by atomic mass is 10.0. The number of hydrogen-bond donors (Lipinski definition) is 3. The maximum Gasteiger partial charge on any atom is 0.236 e. The van der Waals surface area contributed by atoms with Crippen LogP contribution < -0.4 is 15.4 Å². The molecule has 1 aliphatic heterocycles. The third kappa shape index (κ3) is 4.92. The van der Waals surface area contributed by atoms with Gasteiger partial charge < -0.3 is 10.6 Å². The third-order valence-electron chi connectivity index (χ3n) is 7.75. The predicted octanol–water partition coefficient (Wildman–Crippen LogP) is 4.14. The molecule has 1 saturated heterocycles. The summed E-state index contributed by atoms with van der Waals surface area (Å²) in [4.78, 5) is 13.7. The van der Waals surface area contributed by atoms with Gasteiger partial charge in [-0.1, -0.05) is 26.2 Å². The molecule has 4 aromatic rings. The molecule has 1 aromatic carbocycles.